The molecule has 4 nitrogen and oxygen atoms in total. The molecule has 144 valence electrons. The summed E-state index contributed by atoms with van der Waals surface area (Å²) in [6.45, 7) is 6.25. The second-order valence-electron chi connectivity index (χ2n) is 7.10. The van der Waals surface area contributed by atoms with Gasteiger partial charge in [-0.05, 0) is 80.7 Å². The van der Waals surface area contributed by atoms with E-state index in [-0.39, 0.29) is 11.7 Å². The van der Waals surface area contributed by atoms with Crippen LogP contribution in [-0.4, -0.2) is 37.0 Å². The number of nitrogens with one attached hydrogen (secondary N) is 1. The van der Waals surface area contributed by atoms with E-state index < -0.39 is 0 Å². The summed E-state index contributed by atoms with van der Waals surface area (Å²) in [5, 5.41) is 3.06. The van der Waals surface area contributed by atoms with Crippen LogP contribution in [0.3, 0.4) is 0 Å². The Kier molecular flexibility index (Phi) is 6.82. The van der Waals surface area contributed by atoms with Gasteiger partial charge in [0.2, 0.25) is 0 Å². The highest BCUT2D eigenvalue weighted by Crippen LogP contribution is 2.22. The zero-order valence-corrected chi connectivity index (χ0v) is 15.8. The molecule has 27 heavy (non-hydrogen) atoms. The smallest absolute Gasteiger partial charge is 0.251 e. The number of rotatable bonds is 7. The average molecular weight is 370 g/mol. The van der Waals surface area contributed by atoms with Crippen LogP contribution in [0.4, 0.5) is 4.39 Å². The normalized spacial score (nSPS) is 17.5. The van der Waals surface area contributed by atoms with Gasteiger partial charge in [-0.15, -0.1) is 0 Å². The lowest BCUT2D eigenvalue weighted by atomic mass is 9.97. The van der Waals surface area contributed by atoms with Crippen LogP contribution in [0.5, 0.6) is 11.5 Å². The Hall–Kier alpha value is -2.40. The van der Waals surface area contributed by atoms with Gasteiger partial charge in [-0.1, -0.05) is 13.0 Å². The van der Waals surface area contributed by atoms with E-state index in [1.807, 2.05) is 0 Å². The van der Waals surface area contributed by atoms with Crippen molar-refractivity contribution in [1.82, 2.24) is 10.2 Å². The van der Waals surface area contributed by atoms with Crippen LogP contribution < -0.4 is 10.1 Å². The summed E-state index contributed by atoms with van der Waals surface area (Å²) in [6.07, 6.45) is 3.52. The molecular weight excluding hydrogens is 343 g/mol. The van der Waals surface area contributed by atoms with Crippen molar-refractivity contribution in [2.75, 3.05) is 26.2 Å². The van der Waals surface area contributed by atoms with E-state index in [2.05, 4.69) is 17.1 Å². The maximum Gasteiger partial charge on any atom is 0.251 e. The summed E-state index contributed by atoms with van der Waals surface area (Å²) in [4.78, 5) is 15.0. The largest absolute Gasteiger partial charge is 0.457 e. The van der Waals surface area contributed by atoms with Gasteiger partial charge in [0, 0.05) is 18.7 Å². The molecule has 0 radical (unpaired) electrons. The van der Waals surface area contributed by atoms with Crippen molar-refractivity contribution in [1.29, 1.82) is 0 Å². The van der Waals surface area contributed by atoms with Gasteiger partial charge in [-0.2, -0.15) is 0 Å². The Balaban J connectivity index is 1.54. The van der Waals surface area contributed by atoms with E-state index in [4.69, 9.17) is 4.74 Å². The van der Waals surface area contributed by atoms with Crippen molar-refractivity contribution in [2.45, 2.75) is 26.2 Å². The molecule has 0 bridgehead atoms. The molecule has 1 atom stereocenters. The predicted octanol–water partition coefficient (Wildman–Crippen LogP) is 4.47. The number of carbonyl (C=O) groups is 1. The molecule has 2 aromatic carbocycles. The molecule has 0 spiro atoms. The molecule has 1 aliphatic heterocycles. The third-order valence-electron chi connectivity index (χ3n) is 4.84. The molecule has 1 fully saturated rings. The van der Waals surface area contributed by atoms with Crippen molar-refractivity contribution in [3.63, 3.8) is 0 Å². The number of ether oxygens (including phenoxy) is 1. The Morgan fingerprint density at radius 2 is 2.04 bits per heavy atom. The molecule has 1 N–H and O–H groups in total. The van der Waals surface area contributed by atoms with E-state index in [1.165, 1.54) is 31.5 Å². The number of halogens is 1. The summed E-state index contributed by atoms with van der Waals surface area (Å²) in [5.74, 6) is 1.20. The Bertz CT molecular complexity index is 746. The van der Waals surface area contributed by atoms with Gasteiger partial charge in [0.25, 0.3) is 5.91 Å². The topological polar surface area (TPSA) is 41.6 Å². The highest BCUT2D eigenvalue weighted by molar-refractivity contribution is 5.94. The van der Waals surface area contributed by atoms with Crippen LogP contribution in [0.15, 0.2) is 48.5 Å². The van der Waals surface area contributed by atoms with Crippen molar-refractivity contribution < 1.29 is 13.9 Å². The van der Waals surface area contributed by atoms with E-state index in [1.54, 1.807) is 36.4 Å². The highest BCUT2D eigenvalue weighted by Gasteiger charge is 2.20. The number of carbonyl (C=O) groups excluding carboxylic acids is 1. The summed E-state index contributed by atoms with van der Waals surface area (Å²) in [5.41, 5.74) is 0.566. The number of likely N-dealkylation sites (tertiary alicyclic amines) is 1. The van der Waals surface area contributed by atoms with E-state index >= 15 is 0 Å². The average Bonchev–Trinajstić information content (AvgIpc) is 2.69. The second-order valence-corrected chi connectivity index (χ2v) is 7.10. The van der Waals surface area contributed by atoms with Gasteiger partial charge in [-0.25, -0.2) is 4.39 Å². The van der Waals surface area contributed by atoms with E-state index in [9.17, 15) is 9.18 Å². The zero-order chi connectivity index (χ0) is 19.1. The lowest BCUT2D eigenvalue weighted by molar-refractivity contribution is 0.0932. The highest BCUT2D eigenvalue weighted by atomic mass is 19.1. The first-order chi connectivity index (χ1) is 13.1. The molecular formula is C22H27FN2O2. The first-order valence-electron chi connectivity index (χ1n) is 9.68. The molecule has 1 amide bonds. The van der Waals surface area contributed by atoms with Crippen molar-refractivity contribution in [3.05, 3.63) is 59.9 Å². The lowest BCUT2D eigenvalue weighted by Gasteiger charge is -2.32. The van der Waals surface area contributed by atoms with Gasteiger partial charge >= 0.3 is 0 Å². The molecule has 3 rings (SSSR count). The molecule has 2 aromatic rings. The zero-order valence-electron chi connectivity index (χ0n) is 15.8. The fourth-order valence-corrected chi connectivity index (χ4v) is 3.52. The van der Waals surface area contributed by atoms with Gasteiger partial charge in [0.05, 0.1) is 0 Å². The molecule has 1 aliphatic rings. The monoisotopic (exact) mass is 370 g/mol. The fraction of sp³-hybridized carbons (Fsp3) is 0.409. The number of nitrogens with zero attached hydrogens (tertiary/aromatic N) is 1. The summed E-state index contributed by atoms with van der Waals surface area (Å²) >= 11 is 0. The third kappa shape index (κ3) is 5.79. The molecule has 0 aliphatic carbocycles. The minimum Gasteiger partial charge on any atom is -0.457 e. The van der Waals surface area contributed by atoms with E-state index in [0.29, 0.717) is 29.5 Å². The lowest BCUT2D eigenvalue weighted by Crippen LogP contribution is -2.41. The molecule has 0 saturated carbocycles. The Morgan fingerprint density at radius 3 is 2.81 bits per heavy atom. The number of benzene rings is 2. The van der Waals surface area contributed by atoms with Gasteiger partial charge in [-0.3, -0.25) is 4.79 Å². The van der Waals surface area contributed by atoms with Crippen LogP contribution in [0.25, 0.3) is 0 Å². The maximum atomic E-state index is 13.0. The Morgan fingerprint density at radius 1 is 1.22 bits per heavy atom. The molecule has 1 heterocycles. The van der Waals surface area contributed by atoms with Gasteiger partial charge in [0.15, 0.2) is 0 Å². The molecule has 5 heteroatoms. The number of hydrogen-bond acceptors (Lipinski definition) is 3. The van der Waals surface area contributed by atoms with Crippen LogP contribution in [0, 0.1) is 11.7 Å². The minimum absolute atomic E-state index is 0.0906. The summed E-state index contributed by atoms with van der Waals surface area (Å²) in [7, 11) is 0. The SMILES string of the molecule is CCCN1CCCC(CNC(=O)c2cccc(Oc3ccc(F)cc3)c2)C1. The maximum absolute atomic E-state index is 13.0. The minimum atomic E-state index is -0.310. The first kappa shape index (κ1) is 19.4. The van der Waals surface area contributed by atoms with Crippen LogP contribution >= 0.6 is 0 Å². The predicted molar refractivity (Wildman–Crippen MR) is 105 cm³/mol. The Labute approximate surface area is 160 Å². The first-order valence-corrected chi connectivity index (χ1v) is 9.68. The number of hydrogen-bond donors (Lipinski definition) is 1. The quantitative estimate of drug-likeness (QED) is 0.782. The summed E-state index contributed by atoms with van der Waals surface area (Å²) in [6, 6.07) is 12.9. The number of amides is 1. The van der Waals surface area contributed by atoms with Crippen molar-refractivity contribution >= 4 is 5.91 Å². The fourth-order valence-electron chi connectivity index (χ4n) is 3.52. The summed E-state index contributed by atoms with van der Waals surface area (Å²) < 4.78 is 18.7. The molecule has 1 saturated heterocycles. The van der Waals surface area contributed by atoms with Crippen molar-refractivity contribution in [2.24, 2.45) is 5.92 Å². The van der Waals surface area contributed by atoms with E-state index in [0.717, 1.165) is 19.5 Å². The van der Waals surface area contributed by atoms with Crippen LogP contribution in [0.1, 0.15) is 36.5 Å². The van der Waals surface area contributed by atoms with Gasteiger partial charge < -0.3 is 15.0 Å². The third-order valence-corrected chi connectivity index (χ3v) is 4.84. The van der Waals surface area contributed by atoms with Crippen LogP contribution in [0.2, 0.25) is 0 Å². The molecule has 1 unspecified atom stereocenters. The molecule has 0 aromatic heterocycles. The van der Waals surface area contributed by atoms with Crippen molar-refractivity contribution in [3.8, 4) is 11.5 Å². The van der Waals surface area contributed by atoms with Gasteiger partial charge in [0.1, 0.15) is 17.3 Å². The van der Waals surface area contributed by atoms with Crippen LogP contribution in [-0.2, 0) is 0 Å². The second kappa shape index (κ2) is 9.51. The standard InChI is InChI=1S/C22H27FN2O2/c1-2-12-25-13-4-5-17(16-25)15-24-22(26)18-6-3-7-21(14-18)27-20-10-8-19(23)9-11-20/h3,6-11,14,17H,2,4-5,12-13,15-16H2,1H3,(H,24,26). The number of piperidine rings is 1.